The molecule has 0 rings (SSSR count). The third kappa shape index (κ3) is 5.37. The van der Waals surface area contributed by atoms with Gasteiger partial charge in [0, 0.05) is 0 Å². The molecule has 0 aliphatic rings. The van der Waals surface area contributed by atoms with Crippen LogP contribution in [0.25, 0.3) is 0 Å². The van der Waals surface area contributed by atoms with Crippen LogP contribution in [0.2, 0.25) is 0 Å². The fourth-order valence-electron chi connectivity index (χ4n) is 0.142. The maximum Gasteiger partial charge on any atom is 0.265 e. The molecule has 0 atom stereocenters. The summed E-state index contributed by atoms with van der Waals surface area (Å²) >= 11 is 0. The van der Waals surface area contributed by atoms with Crippen molar-refractivity contribution in [3.63, 3.8) is 0 Å². The van der Waals surface area contributed by atoms with Gasteiger partial charge in [-0.05, 0) is 0 Å². The van der Waals surface area contributed by atoms with Gasteiger partial charge >= 0.3 is 0 Å². The number of hydrogen-bond acceptors (Lipinski definition) is 3. The number of hydrogen-bond donors (Lipinski definition) is 0. The van der Waals surface area contributed by atoms with E-state index in [1.807, 2.05) is 11.4 Å². The molecule has 0 aromatic carbocycles. The van der Waals surface area contributed by atoms with Crippen LogP contribution in [0, 0.1) is 21.9 Å². The lowest BCUT2D eigenvalue weighted by molar-refractivity contribution is 0.664. The minimum absolute atomic E-state index is 0.945. The van der Waals surface area contributed by atoms with Gasteiger partial charge in [-0.2, -0.15) is 0 Å². The highest BCUT2D eigenvalue weighted by atomic mass is 28.3. The van der Waals surface area contributed by atoms with E-state index in [9.17, 15) is 0 Å². The van der Waals surface area contributed by atoms with Crippen molar-refractivity contribution in [1.29, 1.82) is 10.5 Å². The van der Waals surface area contributed by atoms with Crippen molar-refractivity contribution in [3.05, 3.63) is 0 Å². The SMILES string of the molecule is N#C[SiH2]O[SiH2]C#N. The Bertz CT molecular complexity index is 97.8. The Labute approximate surface area is 46.4 Å². The molecule has 0 spiro atoms. The Kier molecular flexibility index (Phi) is 4.89. The maximum absolute atomic E-state index is 7.89. The highest BCUT2D eigenvalue weighted by molar-refractivity contribution is 6.52. The zero-order valence-electron chi connectivity index (χ0n) is 3.72. The Hall–Kier alpha value is -0.626. The molecule has 0 unspecified atom stereocenters. The van der Waals surface area contributed by atoms with E-state index in [2.05, 4.69) is 4.12 Å². The molecule has 0 aromatic heterocycles. The van der Waals surface area contributed by atoms with E-state index in [1.165, 1.54) is 0 Å². The van der Waals surface area contributed by atoms with Gasteiger partial charge in [-0.1, -0.05) is 0 Å². The number of nitriles is 2. The van der Waals surface area contributed by atoms with Crippen LogP contribution in [0.5, 0.6) is 0 Å². The molecule has 0 aromatic rings. The van der Waals surface area contributed by atoms with Crippen molar-refractivity contribution < 1.29 is 4.12 Å². The summed E-state index contributed by atoms with van der Waals surface area (Å²) in [6.07, 6.45) is 0. The van der Waals surface area contributed by atoms with Gasteiger partial charge < -0.3 is 4.12 Å². The van der Waals surface area contributed by atoms with Crippen molar-refractivity contribution in [2.75, 3.05) is 0 Å². The van der Waals surface area contributed by atoms with Gasteiger partial charge in [-0.15, -0.1) is 0 Å². The predicted molar refractivity (Wildman–Crippen MR) is 29.4 cm³/mol. The molecule has 0 amide bonds. The average Bonchev–Trinajstić information content (AvgIpc) is 1.69. The van der Waals surface area contributed by atoms with Crippen molar-refractivity contribution in [2.45, 2.75) is 0 Å². The Morgan fingerprint density at radius 1 is 1.14 bits per heavy atom. The summed E-state index contributed by atoms with van der Waals surface area (Å²) in [6, 6.07) is 0. The second kappa shape index (κ2) is 5.37. The molecule has 0 aliphatic carbocycles. The summed E-state index contributed by atoms with van der Waals surface area (Å²) in [6.45, 7) is 0. The quantitative estimate of drug-likeness (QED) is 0.323. The van der Waals surface area contributed by atoms with Crippen molar-refractivity contribution in [1.82, 2.24) is 0 Å². The lowest BCUT2D eigenvalue weighted by Gasteiger charge is -1.81. The lowest BCUT2D eigenvalue weighted by atomic mass is 11.8. The van der Waals surface area contributed by atoms with E-state index in [-0.39, 0.29) is 0 Å². The van der Waals surface area contributed by atoms with Gasteiger partial charge in [-0.25, -0.2) is 10.5 Å². The second-order valence-corrected chi connectivity index (χ2v) is 3.65. The fourth-order valence-corrected chi connectivity index (χ4v) is 1.28. The second-order valence-electron chi connectivity index (χ2n) is 0.809. The molecular weight excluding hydrogens is 124 g/mol. The third-order valence-corrected chi connectivity index (χ3v) is 2.22. The van der Waals surface area contributed by atoms with Gasteiger partial charge in [-0.3, -0.25) is 0 Å². The largest absolute Gasteiger partial charge is 0.443 e. The first kappa shape index (κ1) is 6.37. The standard InChI is InChI=1S/C2H4N2OSi2/c3-1-6-5-7-2-4/h6-7H2. The van der Waals surface area contributed by atoms with Crippen molar-refractivity contribution in [3.8, 4) is 11.4 Å². The highest BCUT2D eigenvalue weighted by Gasteiger charge is 1.80. The lowest BCUT2D eigenvalue weighted by Crippen LogP contribution is -1.98. The van der Waals surface area contributed by atoms with Gasteiger partial charge in [0.15, 0.2) is 0 Å². The zero-order valence-corrected chi connectivity index (χ0v) is 6.55. The minimum atomic E-state index is -0.945. The van der Waals surface area contributed by atoms with Crippen LogP contribution in [-0.2, 0) is 4.12 Å². The van der Waals surface area contributed by atoms with Crippen LogP contribution in [0.4, 0.5) is 0 Å². The number of rotatable bonds is 2. The molecule has 3 nitrogen and oxygen atoms in total. The molecule has 0 N–H and O–H groups in total. The van der Waals surface area contributed by atoms with Gasteiger partial charge in [0.05, 0.1) is 11.4 Å². The maximum atomic E-state index is 7.89. The van der Waals surface area contributed by atoms with E-state index >= 15 is 0 Å². The van der Waals surface area contributed by atoms with Crippen LogP contribution in [-0.4, -0.2) is 19.5 Å². The monoisotopic (exact) mass is 128 g/mol. The zero-order chi connectivity index (χ0) is 5.54. The molecule has 36 valence electrons. The van der Waals surface area contributed by atoms with E-state index in [1.54, 1.807) is 0 Å². The van der Waals surface area contributed by atoms with Crippen molar-refractivity contribution >= 4 is 19.5 Å². The number of nitrogens with zero attached hydrogens (tertiary/aromatic N) is 2. The average molecular weight is 128 g/mol. The first-order valence-electron chi connectivity index (χ1n) is 1.73. The minimum Gasteiger partial charge on any atom is -0.443 e. The molecule has 0 saturated carbocycles. The van der Waals surface area contributed by atoms with E-state index < -0.39 is 19.5 Å². The molecular formula is C2H4N2OSi2. The molecule has 7 heavy (non-hydrogen) atoms. The van der Waals surface area contributed by atoms with E-state index in [4.69, 9.17) is 10.5 Å². The van der Waals surface area contributed by atoms with E-state index in [0.717, 1.165) is 0 Å². The van der Waals surface area contributed by atoms with Crippen LogP contribution in [0.1, 0.15) is 0 Å². The van der Waals surface area contributed by atoms with Gasteiger partial charge in [0.25, 0.3) is 19.5 Å². The third-order valence-electron chi connectivity index (χ3n) is 0.333. The summed E-state index contributed by atoms with van der Waals surface area (Å²) in [4.78, 5) is 0. The molecule has 5 heteroatoms. The summed E-state index contributed by atoms with van der Waals surface area (Å²) in [5, 5.41) is 15.8. The van der Waals surface area contributed by atoms with Crippen LogP contribution >= 0.6 is 0 Å². The Morgan fingerprint density at radius 3 is 1.86 bits per heavy atom. The highest BCUT2D eigenvalue weighted by Crippen LogP contribution is 1.58. The smallest absolute Gasteiger partial charge is 0.265 e. The van der Waals surface area contributed by atoms with E-state index in [0.29, 0.717) is 0 Å². The topological polar surface area (TPSA) is 56.8 Å². The summed E-state index contributed by atoms with van der Waals surface area (Å²) in [7, 11) is -1.89. The molecule has 0 heterocycles. The first-order valence-corrected chi connectivity index (χ1v) is 4.30. The predicted octanol–water partition coefficient (Wildman–Crippen LogP) is -1.87. The van der Waals surface area contributed by atoms with Crippen LogP contribution < -0.4 is 0 Å². The Morgan fingerprint density at radius 2 is 1.57 bits per heavy atom. The fraction of sp³-hybridized carbons (Fsp3) is 0. The Balaban J connectivity index is 2.77. The molecule has 0 aliphatic heterocycles. The van der Waals surface area contributed by atoms with Crippen LogP contribution in [0.3, 0.4) is 0 Å². The van der Waals surface area contributed by atoms with Crippen molar-refractivity contribution in [2.24, 2.45) is 0 Å². The molecule has 0 radical (unpaired) electrons. The first-order chi connectivity index (χ1) is 3.41. The molecule has 0 saturated heterocycles. The molecule has 0 bridgehead atoms. The molecule has 0 fully saturated rings. The van der Waals surface area contributed by atoms with Crippen LogP contribution in [0.15, 0.2) is 0 Å². The van der Waals surface area contributed by atoms with Gasteiger partial charge in [0.1, 0.15) is 0 Å². The van der Waals surface area contributed by atoms with Gasteiger partial charge in [0.2, 0.25) is 0 Å². The summed E-state index contributed by atoms with van der Waals surface area (Å²) in [5.41, 5.74) is 3.81. The normalized spacial score (nSPS) is 10.0. The summed E-state index contributed by atoms with van der Waals surface area (Å²) in [5.74, 6) is 0. The summed E-state index contributed by atoms with van der Waals surface area (Å²) < 4.78 is 4.69.